The van der Waals surface area contributed by atoms with Gasteiger partial charge in [-0.15, -0.1) is 0 Å². The smallest absolute Gasteiger partial charge is 0.253 e. The number of anilines is 1. The number of nitrogens with one attached hydrogen (secondary N) is 3. The predicted octanol–water partition coefficient (Wildman–Crippen LogP) is 6.14. The van der Waals surface area contributed by atoms with Gasteiger partial charge < -0.3 is 20.0 Å². The average Bonchev–Trinajstić information content (AvgIpc) is 3.63. The molecule has 3 heterocycles. The maximum atomic E-state index is 12.8. The lowest BCUT2D eigenvalue weighted by atomic mass is 9.85. The molecule has 34 heavy (non-hydrogen) atoms. The van der Waals surface area contributed by atoms with Gasteiger partial charge in [-0.3, -0.25) is 4.79 Å². The fraction of sp³-hybridized carbons (Fsp3) is 0.207. The molecule has 3 aromatic carbocycles. The molecule has 0 aliphatic carbocycles. The van der Waals surface area contributed by atoms with Gasteiger partial charge in [-0.25, -0.2) is 0 Å². The summed E-state index contributed by atoms with van der Waals surface area (Å²) in [6, 6.07) is 25.0. The number of hydrogen-bond donors (Lipinski definition) is 3. The third kappa shape index (κ3) is 3.78. The number of amides is 1. The number of carbonyl (C=O) groups excluding carboxylic acids is 1. The second-order valence-corrected chi connectivity index (χ2v) is 8.98. The molecule has 3 N–H and O–H groups in total. The summed E-state index contributed by atoms with van der Waals surface area (Å²) in [5.41, 5.74) is 6.72. The topological polar surface area (TPSA) is 69.9 Å². The normalized spacial score (nSPS) is 16.0. The minimum Gasteiger partial charge on any atom is -0.368 e. The Morgan fingerprint density at radius 3 is 2.15 bits per heavy atom. The molecule has 1 saturated heterocycles. The summed E-state index contributed by atoms with van der Waals surface area (Å²) in [6.07, 6.45) is 6.37. The Labute approximate surface area is 198 Å². The second-order valence-electron chi connectivity index (χ2n) is 8.98. The Hall–Kier alpha value is -3.83. The van der Waals surface area contributed by atoms with Crippen LogP contribution in [0.15, 0.2) is 85.2 Å². The van der Waals surface area contributed by atoms with Crippen LogP contribution in [0.1, 0.15) is 35.4 Å². The minimum atomic E-state index is -0.355. The molecular formula is C29H27N3O2. The molecule has 2 aromatic heterocycles. The molecule has 1 fully saturated rings. The fourth-order valence-corrected chi connectivity index (χ4v) is 5.19. The van der Waals surface area contributed by atoms with Gasteiger partial charge in [-0.1, -0.05) is 54.6 Å². The van der Waals surface area contributed by atoms with Crippen LogP contribution in [0, 0.1) is 0 Å². The van der Waals surface area contributed by atoms with Gasteiger partial charge in [0.05, 0.1) is 0 Å². The zero-order valence-corrected chi connectivity index (χ0v) is 18.9. The second kappa shape index (κ2) is 8.84. The van der Waals surface area contributed by atoms with Crippen LogP contribution in [0.3, 0.4) is 0 Å². The van der Waals surface area contributed by atoms with Crippen LogP contribution < -0.4 is 5.32 Å². The maximum Gasteiger partial charge on any atom is 0.253 e. The van der Waals surface area contributed by atoms with E-state index < -0.39 is 0 Å². The standard InChI is InChI=1S/C29H27N3O2/c33-29(28-14-7-15-34-28)32-25-11-4-1-8-19(25)16-22(23-17-30-26-12-5-2-9-20(23)26)24-18-31-27-13-6-3-10-21(24)27/h1-6,8-13,17-18,22,28,30-31H,7,14-16H2,(H,32,33). The highest BCUT2D eigenvalue weighted by atomic mass is 16.5. The first-order chi connectivity index (χ1) is 16.8. The molecule has 5 nitrogen and oxygen atoms in total. The van der Waals surface area contributed by atoms with E-state index >= 15 is 0 Å². The van der Waals surface area contributed by atoms with Crippen molar-refractivity contribution in [3.63, 3.8) is 0 Å². The Morgan fingerprint density at radius 1 is 0.882 bits per heavy atom. The van der Waals surface area contributed by atoms with E-state index in [1.807, 2.05) is 18.2 Å². The number of hydrogen-bond acceptors (Lipinski definition) is 2. The van der Waals surface area contributed by atoms with E-state index in [9.17, 15) is 4.79 Å². The molecule has 0 radical (unpaired) electrons. The summed E-state index contributed by atoms with van der Waals surface area (Å²) < 4.78 is 5.60. The molecule has 1 aliphatic heterocycles. The van der Waals surface area contributed by atoms with Gasteiger partial charge >= 0.3 is 0 Å². The highest BCUT2D eigenvalue weighted by Crippen LogP contribution is 2.38. The SMILES string of the molecule is O=C(Nc1ccccc1CC(c1c[nH]c2ccccc12)c1c[nH]c2ccccc12)C1CCCO1. The fourth-order valence-electron chi connectivity index (χ4n) is 5.19. The molecule has 1 unspecified atom stereocenters. The predicted molar refractivity (Wildman–Crippen MR) is 136 cm³/mol. The third-order valence-electron chi connectivity index (χ3n) is 6.91. The lowest BCUT2D eigenvalue weighted by Gasteiger charge is -2.20. The van der Waals surface area contributed by atoms with Crippen molar-refractivity contribution < 1.29 is 9.53 Å². The first kappa shape index (κ1) is 20.8. The van der Waals surface area contributed by atoms with Crippen LogP contribution >= 0.6 is 0 Å². The monoisotopic (exact) mass is 449 g/mol. The van der Waals surface area contributed by atoms with E-state index in [4.69, 9.17) is 4.74 Å². The van der Waals surface area contributed by atoms with Crippen molar-refractivity contribution >= 4 is 33.4 Å². The van der Waals surface area contributed by atoms with Crippen molar-refractivity contribution in [2.75, 3.05) is 11.9 Å². The number of fused-ring (bicyclic) bond motifs is 2. The molecule has 0 bridgehead atoms. The van der Waals surface area contributed by atoms with E-state index in [2.05, 4.69) is 82.3 Å². The lowest BCUT2D eigenvalue weighted by Crippen LogP contribution is -2.27. The van der Waals surface area contributed by atoms with Crippen molar-refractivity contribution in [3.8, 4) is 0 Å². The first-order valence-electron chi connectivity index (χ1n) is 11.9. The summed E-state index contributed by atoms with van der Waals surface area (Å²) in [6.45, 7) is 0.656. The zero-order valence-electron chi connectivity index (χ0n) is 18.9. The summed E-state index contributed by atoms with van der Waals surface area (Å²) in [5, 5.41) is 5.59. The maximum absolute atomic E-state index is 12.8. The Morgan fingerprint density at radius 2 is 1.50 bits per heavy atom. The summed E-state index contributed by atoms with van der Waals surface area (Å²) >= 11 is 0. The van der Waals surface area contributed by atoms with E-state index in [1.54, 1.807) is 0 Å². The van der Waals surface area contributed by atoms with Crippen LogP contribution in [0.4, 0.5) is 5.69 Å². The molecule has 1 aliphatic rings. The Bertz CT molecular complexity index is 1380. The molecule has 170 valence electrons. The quantitative estimate of drug-likeness (QED) is 0.291. The molecule has 0 spiro atoms. The van der Waals surface area contributed by atoms with E-state index in [0.717, 1.165) is 41.5 Å². The molecule has 5 heteroatoms. The largest absolute Gasteiger partial charge is 0.368 e. The van der Waals surface area contributed by atoms with Gasteiger partial charge in [0, 0.05) is 52.4 Å². The Balaban J connectivity index is 1.42. The summed E-state index contributed by atoms with van der Waals surface area (Å²) in [4.78, 5) is 19.7. The van der Waals surface area contributed by atoms with Gasteiger partial charge in [0.25, 0.3) is 5.91 Å². The third-order valence-corrected chi connectivity index (χ3v) is 6.91. The number of rotatable bonds is 6. The lowest BCUT2D eigenvalue weighted by molar-refractivity contribution is -0.124. The van der Waals surface area contributed by atoms with Gasteiger partial charge in [0.15, 0.2) is 0 Å². The van der Waals surface area contributed by atoms with Gasteiger partial charge in [-0.2, -0.15) is 0 Å². The van der Waals surface area contributed by atoms with Crippen molar-refractivity contribution in [2.24, 2.45) is 0 Å². The van der Waals surface area contributed by atoms with E-state index in [1.165, 1.54) is 21.9 Å². The van der Waals surface area contributed by atoms with Gasteiger partial charge in [0.2, 0.25) is 0 Å². The summed E-state index contributed by atoms with van der Waals surface area (Å²) in [5.74, 6) is 0.0498. The molecule has 1 atom stereocenters. The average molecular weight is 450 g/mol. The van der Waals surface area contributed by atoms with Gasteiger partial charge in [0.1, 0.15) is 6.10 Å². The highest BCUT2D eigenvalue weighted by molar-refractivity contribution is 5.95. The van der Waals surface area contributed by atoms with E-state index in [0.29, 0.717) is 6.61 Å². The van der Waals surface area contributed by atoms with Crippen LogP contribution in [0.5, 0.6) is 0 Å². The molecule has 6 rings (SSSR count). The number of carbonyl (C=O) groups is 1. The van der Waals surface area contributed by atoms with Crippen LogP contribution in [0.2, 0.25) is 0 Å². The number of ether oxygens (including phenoxy) is 1. The molecule has 5 aromatic rings. The minimum absolute atomic E-state index is 0.0549. The van der Waals surface area contributed by atoms with E-state index in [-0.39, 0.29) is 17.9 Å². The number of para-hydroxylation sites is 3. The number of benzene rings is 3. The van der Waals surface area contributed by atoms with Crippen LogP contribution in [0.25, 0.3) is 21.8 Å². The number of aromatic amines is 2. The van der Waals surface area contributed by atoms with Crippen molar-refractivity contribution in [1.82, 2.24) is 9.97 Å². The van der Waals surface area contributed by atoms with Gasteiger partial charge in [-0.05, 0) is 54.2 Å². The molecular weight excluding hydrogens is 422 g/mol. The molecule has 1 amide bonds. The first-order valence-corrected chi connectivity index (χ1v) is 11.9. The zero-order chi connectivity index (χ0) is 22.9. The van der Waals surface area contributed by atoms with Crippen LogP contribution in [-0.4, -0.2) is 28.6 Å². The molecule has 0 saturated carbocycles. The van der Waals surface area contributed by atoms with Crippen LogP contribution in [-0.2, 0) is 16.0 Å². The van der Waals surface area contributed by atoms with Crippen molar-refractivity contribution in [1.29, 1.82) is 0 Å². The van der Waals surface area contributed by atoms with Crippen molar-refractivity contribution in [2.45, 2.75) is 31.3 Å². The number of H-pyrrole nitrogens is 2. The summed E-state index contributed by atoms with van der Waals surface area (Å²) in [7, 11) is 0. The number of aromatic nitrogens is 2. The highest BCUT2D eigenvalue weighted by Gasteiger charge is 2.26. The Kier molecular flexibility index (Phi) is 5.40. The van der Waals surface area contributed by atoms with Crippen molar-refractivity contribution in [3.05, 3.63) is 102 Å².